The number of anilines is 1. The van der Waals surface area contributed by atoms with Crippen molar-refractivity contribution < 1.29 is 23.8 Å². The number of rotatable bonds is 6. The maximum Gasteiger partial charge on any atom is 0.414 e. The fourth-order valence-electron chi connectivity index (χ4n) is 5.06. The van der Waals surface area contributed by atoms with Crippen LogP contribution in [0.15, 0.2) is 24.5 Å². The molecule has 3 fully saturated rings. The summed E-state index contributed by atoms with van der Waals surface area (Å²) >= 11 is 0. The highest BCUT2D eigenvalue weighted by atomic mass is 19.1. The Morgan fingerprint density at radius 2 is 2.06 bits per heavy atom. The molecule has 2 aliphatic heterocycles. The quantitative estimate of drug-likeness (QED) is 0.740. The van der Waals surface area contributed by atoms with Crippen LogP contribution in [0.3, 0.4) is 0 Å². The number of carbonyl (C=O) groups excluding carboxylic acids is 2. The van der Waals surface area contributed by atoms with Gasteiger partial charge < -0.3 is 14.7 Å². The van der Waals surface area contributed by atoms with Crippen molar-refractivity contribution in [1.29, 1.82) is 0 Å². The summed E-state index contributed by atoms with van der Waals surface area (Å²) < 4.78 is 22.2. The molecule has 10 heteroatoms. The highest BCUT2D eigenvalue weighted by Gasteiger charge is 2.57. The van der Waals surface area contributed by atoms with Crippen LogP contribution >= 0.6 is 0 Å². The van der Waals surface area contributed by atoms with E-state index in [9.17, 15) is 9.59 Å². The summed E-state index contributed by atoms with van der Waals surface area (Å²) in [6.45, 7) is 3.30. The first-order chi connectivity index (χ1) is 15.0. The number of nitrogens with zero attached hydrogens (tertiary/aromatic N) is 5. The van der Waals surface area contributed by atoms with Gasteiger partial charge in [0, 0.05) is 19.3 Å². The van der Waals surface area contributed by atoms with Gasteiger partial charge in [-0.2, -0.15) is 0 Å². The molecule has 5 rings (SSSR count). The standard InChI is InChI=1S/C21H24FN5O4/c1-2-12-5-14(20-15-9-25(10-16(15)20)19(29)11-28)17(22)6-18(12)27-8-13(31-21(27)30)7-26-4-3-23-24-26/h3-6,13,15-16,20,28H,2,7-11H2,1H3/t13-,15?,16?,20?/m0/s1. The Morgan fingerprint density at radius 1 is 1.29 bits per heavy atom. The van der Waals surface area contributed by atoms with E-state index in [1.807, 2.05) is 13.0 Å². The number of benzene rings is 1. The van der Waals surface area contributed by atoms with Crippen LogP contribution < -0.4 is 4.90 Å². The van der Waals surface area contributed by atoms with Crippen LogP contribution in [0.5, 0.6) is 0 Å². The summed E-state index contributed by atoms with van der Waals surface area (Å²) in [5, 5.41) is 16.7. The molecule has 0 bridgehead atoms. The largest absolute Gasteiger partial charge is 0.442 e. The summed E-state index contributed by atoms with van der Waals surface area (Å²) in [4.78, 5) is 27.3. The molecule has 1 aromatic heterocycles. The molecule has 1 N–H and O–H groups in total. The van der Waals surface area contributed by atoms with Crippen LogP contribution in [0, 0.1) is 17.7 Å². The summed E-state index contributed by atoms with van der Waals surface area (Å²) in [7, 11) is 0. The third-order valence-electron chi connectivity index (χ3n) is 6.65. The molecule has 1 aromatic carbocycles. The van der Waals surface area contributed by atoms with Crippen LogP contribution in [0.4, 0.5) is 14.9 Å². The van der Waals surface area contributed by atoms with Crippen LogP contribution in [-0.2, 0) is 22.5 Å². The Balaban J connectivity index is 1.33. The van der Waals surface area contributed by atoms with Gasteiger partial charge in [0.05, 0.1) is 25.0 Å². The van der Waals surface area contributed by atoms with E-state index >= 15 is 4.39 Å². The number of aliphatic hydroxyl groups is 1. The molecule has 3 heterocycles. The molecule has 1 saturated carbocycles. The van der Waals surface area contributed by atoms with E-state index < -0.39 is 12.7 Å². The molecule has 3 atom stereocenters. The highest BCUT2D eigenvalue weighted by Crippen LogP contribution is 2.59. The molecule has 0 spiro atoms. The number of hydrogen-bond acceptors (Lipinski definition) is 6. The maximum atomic E-state index is 15.1. The zero-order valence-corrected chi connectivity index (χ0v) is 17.1. The number of aromatic nitrogens is 3. The Kier molecular flexibility index (Phi) is 4.88. The van der Waals surface area contributed by atoms with Gasteiger partial charge in [0.15, 0.2) is 0 Å². The number of fused-ring (bicyclic) bond motifs is 1. The van der Waals surface area contributed by atoms with Crippen molar-refractivity contribution in [2.75, 3.05) is 31.1 Å². The van der Waals surface area contributed by atoms with Crippen molar-refractivity contribution in [2.45, 2.75) is 31.9 Å². The van der Waals surface area contributed by atoms with E-state index in [1.165, 1.54) is 11.0 Å². The number of hydrogen-bond donors (Lipinski definition) is 1. The molecule has 31 heavy (non-hydrogen) atoms. The Morgan fingerprint density at radius 3 is 2.71 bits per heavy atom. The number of piperidine rings is 1. The minimum absolute atomic E-state index is 0.0766. The number of likely N-dealkylation sites (tertiary alicyclic amines) is 1. The second-order valence-electron chi connectivity index (χ2n) is 8.41. The highest BCUT2D eigenvalue weighted by molar-refractivity contribution is 5.90. The van der Waals surface area contributed by atoms with Gasteiger partial charge in [-0.15, -0.1) is 5.10 Å². The first-order valence-electron chi connectivity index (χ1n) is 10.5. The van der Waals surface area contributed by atoms with Crippen molar-refractivity contribution >= 4 is 17.7 Å². The van der Waals surface area contributed by atoms with Crippen molar-refractivity contribution in [3.8, 4) is 0 Å². The van der Waals surface area contributed by atoms with E-state index in [0.717, 1.165) is 5.56 Å². The van der Waals surface area contributed by atoms with Gasteiger partial charge in [0.2, 0.25) is 5.91 Å². The van der Waals surface area contributed by atoms with Crippen LogP contribution in [0.25, 0.3) is 0 Å². The van der Waals surface area contributed by atoms with Gasteiger partial charge in [0.1, 0.15) is 18.5 Å². The molecule has 1 aliphatic carbocycles. The van der Waals surface area contributed by atoms with E-state index in [0.29, 0.717) is 43.9 Å². The number of carbonyl (C=O) groups is 2. The van der Waals surface area contributed by atoms with E-state index in [1.54, 1.807) is 22.0 Å². The molecular weight excluding hydrogens is 405 g/mol. The Bertz CT molecular complexity index is 1000. The molecule has 164 valence electrons. The molecule has 2 aromatic rings. The number of aryl methyl sites for hydroxylation is 1. The Labute approximate surface area is 178 Å². The maximum absolute atomic E-state index is 15.1. The summed E-state index contributed by atoms with van der Waals surface area (Å²) in [5.74, 6) is -0.0791. The number of amides is 2. The second kappa shape index (κ2) is 7.60. The lowest BCUT2D eigenvalue weighted by Gasteiger charge is -2.21. The third-order valence-corrected chi connectivity index (χ3v) is 6.65. The van der Waals surface area contributed by atoms with Crippen LogP contribution in [0.1, 0.15) is 24.0 Å². The summed E-state index contributed by atoms with van der Waals surface area (Å²) in [6, 6.07) is 3.31. The topological polar surface area (TPSA) is 101 Å². The monoisotopic (exact) mass is 429 g/mol. The van der Waals surface area contributed by atoms with Gasteiger partial charge in [-0.1, -0.05) is 18.2 Å². The number of cyclic esters (lactones) is 1. The first kappa shape index (κ1) is 19.9. The number of aliphatic hydroxyl groups excluding tert-OH is 1. The lowest BCUT2D eigenvalue weighted by Crippen LogP contribution is -2.33. The minimum atomic E-state index is -0.492. The summed E-state index contributed by atoms with van der Waals surface area (Å²) in [6.07, 6.45) is 3.03. The summed E-state index contributed by atoms with van der Waals surface area (Å²) in [5.41, 5.74) is 2.08. The lowest BCUT2D eigenvalue weighted by molar-refractivity contribution is -0.133. The van der Waals surface area contributed by atoms with Gasteiger partial charge in [-0.25, -0.2) is 13.9 Å². The molecule has 2 amide bonds. The molecular formula is C21H24FN5O4. The average molecular weight is 429 g/mol. The smallest absolute Gasteiger partial charge is 0.414 e. The second-order valence-corrected chi connectivity index (χ2v) is 8.41. The zero-order chi connectivity index (χ0) is 21.7. The van der Waals surface area contributed by atoms with E-state index in [4.69, 9.17) is 9.84 Å². The SMILES string of the molecule is CCc1cc(C2C3CN(C(=O)CO)CC32)c(F)cc1N1C[C@H](Cn2ccnn2)OC1=O. The number of ether oxygens (including phenoxy) is 1. The van der Waals surface area contributed by atoms with E-state index in [2.05, 4.69) is 10.3 Å². The fourth-order valence-corrected chi connectivity index (χ4v) is 5.06. The van der Waals surface area contributed by atoms with Crippen molar-refractivity contribution in [3.05, 3.63) is 41.5 Å². The number of halogens is 1. The first-order valence-corrected chi connectivity index (χ1v) is 10.5. The lowest BCUT2D eigenvalue weighted by atomic mass is 9.99. The van der Waals surface area contributed by atoms with Gasteiger partial charge >= 0.3 is 6.09 Å². The fraction of sp³-hybridized carbons (Fsp3) is 0.524. The van der Waals surface area contributed by atoms with E-state index in [-0.39, 0.29) is 35.6 Å². The predicted octanol–water partition coefficient (Wildman–Crippen LogP) is 1.17. The molecule has 3 aliphatic rings. The Hall–Kier alpha value is -3.01. The van der Waals surface area contributed by atoms with Crippen molar-refractivity contribution in [3.63, 3.8) is 0 Å². The molecule has 2 unspecified atom stereocenters. The zero-order valence-electron chi connectivity index (χ0n) is 17.1. The van der Waals surface area contributed by atoms with Crippen LogP contribution in [-0.4, -0.2) is 69.3 Å². The minimum Gasteiger partial charge on any atom is -0.442 e. The predicted molar refractivity (Wildman–Crippen MR) is 107 cm³/mol. The van der Waals surface area contributed by atoms with Gasteiger partial charge in [-0.05, 0) is 41.4 Å². The van der Waals surface area contributed by atoms with Gasteiger partial charge in [-0.3, -0.25) is 9.69 Å². The average Bonchev–Trinajstić information content (AvgIpc) is 3.21. The third kappa shape index (κ3) is 3.44. The molecule has 2 saturated heterocycles. The normalized spacial score (nSPS) is 26.9. The van der Waals surface area contributed by atoms with Crippen molar-refractivity contribution in [2.24, 2.45) is 11.8 Å². The van der Waals surface area contributed by atoms with Crippen LogP contribution in [0.2, 0.25) is 0 Å². The van der Waals surface area contributed by atoms with Crippen molar-refractivity contribution in [1.82, 2.24) is 19.9 Å². The molecule has 0 radical (unpaired) electrons. The molecule has 9 nitrogen and oxygen atoms in total. The van der Waals surface area contributed by atoms with Gasteiger partial charge in [0.25, 0.3) is 0 Å².